The number of carboxylic acids is 1. The van der Waals surface area contributed by atoms with Gasteiger partial charge in [-0.2, -0.15) is 0 Å². The van der Waals surface area contributed by atoms with E-state index in [4.69, 9.17) is 5.11 Å². The van der Waals surface area contributed by atoms with Gasteiger partial charge in [-0.1, -0.05) is 18.2 Å². The zero-order valence-electron chi connectivity index (χ0n) is 14.6. The number of anilines is 1. The molecule has 140 valence electrons. The third-order valence-corrected chi connectivity index (χ3v) is 3.68. The molecule has 4 N–H and O–H groups in total. The van der Waals surface area contributed by atoms with E-state index in [-0.39, 0.29) is 24.3 Å². The Balaban J connectivity index is 1.90. The number of hydrogen-bond donors (Lipinski definition) is 4. The van der Waals surface area contributed by atoms with Crippen molar-refractivity contribution in [1.82, 2.24) is 10.9 Å². The van der Waals surface area contributed by atoms with Crippen LogP contribution in [0, 0.1) is 6.92 Å². The number of nitrogens with one attached hydrogen (secondary N) is 3. The van der Waals surface area contributed by atoms with Crippen LogP contribution in [0.25, 0.3) is 0 Å². The maximum absolute atomic E-state index is 12.3. The highest BCUT2D eigenvalue weighted by Gasteiger charge is 2.11. The minimum absolute atomic E-state index is 0.237. The van der Waals surface area contributed by atoms with Gasteiger partial charge in [0, 0.05) is 23.2 Å². The Labute approximate surface area is 155 Å². The van der Waals surface area contributed by atoms with Gasteiger partial charge in [0.2, 0.25) is 5.91 Å². The highest BCUT2D eigenvalue weighted by Crippen LogP contribution is 2.13. The molecule has 2 aromatic carbocycles. The van der Waals surface area contributed by atoms with E-state index in [9.17, 15) is 19.2 Å². The van der Waals surface area contributed by atoms with Crippen molar-refractivity contribution in [2.45, 2.75) is 19.8 Å². The van der Waals surface area contributed by atoms with Gasteiger partial charge in [-0.3, -0.25) is 30.0 Å². The Hall–Kier alpha value is -3.68. The smallest absolute Gasteiger partial charge is 0.303 e. The van der Waals surface area contributed by atoms with Gasteiger partial charge in [0.05, 0.1) is 6.42 Å². The Bertz CT molecular complexity index is 862. The van der Waals surface area contributed by atoms with Gasteiger partial charge < -0.3 is 10.4 Å². The van der Waals surface area contributed by atoms with E-state index in [2.05, 4.69) is 16.2 Å². The number of carbonyl (C=O) groups excluding carboxylic acids is 3. The summed E-state index contributed by atoms with van der Waals surface area (Å²) >= 11 is 0. The molecule has 0 spiro atoms. The molecule has 0 aliphatic carbocycles. The number of aliphatic carboxylic acids is 1. The summed E-state index contributed by atoms with van der Waals surface area (Å²) < 4.78 is 0. The lowest BCUT2D eigenvalue weighted by Gasteiger charge is -2.09. The van der Waals surface area contributed by atoms with E-state index in [0.717, 1.165) is 5.56 Å². The molecule has 2 rings (SSSR count). The first kappa shape index (κ1) is 19.6. The summed E-state index contributed by atoms with van der Waals surface area (Å²) in [5, 5.41) is 11.2. The van der Waals surface area contributed by atoms with Crippen LogP contribution < -0.4 is 16.2 Å². The molecular formula is C19H19N3O5. The van der Waals surface area contributed by atoms with Crippen LogP contribution in [0.15, 0.2) is 48.5 Å². The van der Waals surface area contributed by atoms with Crippen LogP contribution in [0.5, 0.6) is 0 Å². The third kappa shape index (κ3) is 5.96. The van der Waals surface area contributed by atoms with E-state index >= 15 is 0 Å². The van der Waals surface area contributed by atoms with Crippen LogP contribution in [-0.4, -0.2) is 28.8 Å². The molecule has 8 nitrogen and oxygen atoms in total. The predicted octanol–water partition coefficient (Wildman–Crippen LogP) is 1.87. The van der Waals surface area contributed by atoms with Crippen molar-refractivity contribution in [3.05, 3.63) is 65.2 Å². The van der Waals surface area contributed by atoms with Gasteiger partial charge in [0.15, 0.2) is 0 Å². The predicted molar refractivity (Wildman–Crippen MR) is 98.1 cm³/mol. The molecule has 0 aromatic heterocycles. The van der Waals surface area contributed by atoms with E-state index in [0.29, 0.717) is 11.3 Å². The zero-order valence-corrected chi connectivity index (χ0v) is 14.6. The second-order valence-corrected chi connectivity index (χ2v) is 5.74. The maximum Gasteiger partial charge on any atom is 0.303 e. The van der Waals surface area contributed by atoms with Crippen molar-refractivity contribution >= 4 is 29.4 Å². The van der Waals surface area contributed by atoms with Gasteiger partial charge in [-0.15, -0.1) is 0 Å². The van der Waals surface area contributed by atoms with Gasteiger partial charge in [-0.25, -0.2) is 0 Å². The first-order chi connectivity index (χ1) is 12.9. The van der Waals surface area contributed by atoms with Crippen LogP contribution in [0.2, 0.25) is 0 Å². The molecule has 0 heterocycles. The lowest BCUT2D eigenvalue weighted by atomic mass is 10.1. The normalized spacial score (nSPS) is 9.96. The standard InChI is InChI=1S/C19H19N3O5/c1-12-4-2-3-5-15(12)19(27)20-14-8-6-13(7-9-14)18(26)22-21-16(23)10-11-17(24)25/h2-9H,10-11H2,1H3,(H,20,27)(H,21,23)(H,22,26)(H,24,25). The molecule has 0 fully saturated rings. The fourth-order valence-corrected chi connectivity index (χ4v) is 2.21. The summed E-state index contributed by atoms with van der Waals surface area (Å²) in [5.41, 5.74) is 6.53. The molecule has 27 heavy (non-hydrogen) atoms. The molecule has 0 aliphatic heterocycles. The molecule has 8 heteroatoms. The Morgan fingerprint density at radius 3 is 2.15 bits per heavy atom. The molecule has 0 radical (unpaired) electrons. The quantitative estimate of drug-likeness (QED) is 0.579. The largest absolute Gasteiger partial charge is 0.481 e. The summed E-state index contributed by atoms with van der Waals surface area (Å²) in [6.07, 6.45) is -0.559. The van der Waals surface area contributed by atoms with E-state index in [1.54, 1.807) is 24.3 Å². The van der Waals surface area contributed by atoms with Crippen molar-refractivity contribution < 1.29 is 24.3 Å². The first-order valence-corrected chi connectivity index (χ1v) is 8.15. The molecule has 0 saturated carbocycles. The molecule has 0 saturated heterocycles. The van der Waals surface area contributed by atoms with Crippen molar-refractivity contribution in [2.24, 2.45) is 0 Å². The Morgan fingerprint density at radius 1 is 0.852 bits per heavy atom. The average molecular weight is 369 g/mol. The monoisotopic (exact) mass is 369 g/mol. The lowest BCUT2D eigenvalue weighted by molar-refractivity contribution is -0.138. The van der Waals surface area contributed by atoms with Crippen LogP contribution >= 0.6 is 0 Å². The number of hydrogen-bond acceptors (Lipinski definition) is 4. The molecule has 3 amide bonds. The molecule has 0 bridgehead atoms. The van der Waals surface area contributed by atoms with Crippen molar-refractivity contribution in [3.63, 3.8) is 0 Å². The molecule has 0 aliphatic rings. The first-order valence-electron chi connectivity index (χ1n) is 8.15. The molecule has 2 aromatic rings. The van der Waals surface area contributed by atoms with E-state index < -0.39 is 17.8 Å². The SMILES string of the molecule is Cc1ccccc1C(=O)Nc1ccc(C(=O)NNC(=O)CCC(=O)O)cc1. The number of hydrazine groups is 1. The van der Waals surface area contributed by atoms with E-state index in [1.807, 2.05) is 19.1 Å². The molecular weight excluding hydrogens is 350 g/mol. The highest BCUT2D eigenvalue weighted by atomic mass is 16.4. The van der Waals surface area contributed by atoms with Crippen molar-refractivity contribution in [2.75, 3.05) is 5.32 Å². The average Bonchev–Trinajstić information content (AvgIpc) is 2.65. The maximum atomic E-state index is 12.3. The lowest BCUT2D eigenvalue weighted by Crippen LogP contribution is -2.41. The number of rotatable bonds is 6. The number of aryl methyl sites for hydroxylation is 1. The van der Waals surface area contributed by atoms with Crippen molar-refractivity contribution in [3.8, 4) is 0 Å². The topological polar surface area (TPSA) is 125 Å². The van der Waals surface area contributed by atoms with Gasteiger partial charge in [0.1, 0.15) is 0 Å². The van der Waals surface area contributed by atoms with Gasteiger partial charge in [0.25, 0.3) is 11.8 Å². The summed E-state index contributed by atoms with van der Waals surface area (Å²) in [6, 6.07) is 13.3. The number of benzene rings is 2. The van der Waals surface area contributed by atoms with Gasteiger partial charge >= 0.3 is 5.97 Å². The fraction of sp³-hybridized carbons (Fsp3) is 0.158. The third-order valence-electron chi connectivity index (χ3n) is 3.68. The highest BCUT2D eigenvalue weighted by molar-refractivity contribution is 6.05. The van der Waals surface area contributed by atoms with Crippen molar-refractivity contribution in [1.29, 1.82) is 0 Å². The number of amides is 3. The van der Waals surface area contributed by atoms with Crippen LogP contribution in [-0.2, 0) is 9.59 Å². The second-order valence-electron chi connectivity index (χ2n) is 5.74. The Morgan fingerprint density at radius 2 is 1.52 bits per heavy atom. The summed E-state index contributed by atoms with van der Waals surface area (Å²) in [7, 11) is 0. The minimum atomic E-state index is -1.10. The zero-order chi connectivity index (χ0) is 19.8. The Kier molecular flexibility index (Phi) is 6.65. The van der Waals surface area contributed by atoms with Gasteiger partial charge in [-0.05, 0) is 42.8 Å². The van der Waals surface area contributed by atoms with Crippen LogP contribution in [0.1, 0.15) is 39.1 Å². The summed E-state index contributed by atoms with van der Waals surface area (Å²) in [6.45, 7) is 1.84. The molecule has 0 atom stereocenters. The fourth-order valence-electron chi connectivity index (χ4n) is 2.21. The number of carbonyl (C=O) groups is 4. The van der Waals surface area contributed by atoms with Crippen LogP contribution in [0.3, 0.4) is 0 Å². The second kappa shape index (κ2) is 9.14. The number of carboxylic acid groups (broad SMARTS) is 1. The van der Waals surface area contributed by atoms with Crippen LogP contribution in [0.4, 0.5) is 5.69 Å². The minimum Gasteiger partial charge on any atom is -0.481 e. The summed E-state index contributed by atoms with van der Waals surface area (Å²) in [4.78, 5) is 46.0. The summed E-state index contributed by atoms with van der Waals surface area (Å²) in [5.74, 6) is -2.51. The molecule has 0 unspecified atom stereocenters. The van der Waals surface area contributed by atoms with E-state index in [1.165, 1.54) is 12.1 Å².